The van der Waals surface area contributed by atoms with E-state index in [0.717, 1.165) is 32.8 Å². The summed E-state index contributed by atoms with van der Waals surface area (Å²) in [5, 5.41) is 17.5. The topological polar surface area (TPSA) is 92.8 Å². The number of rotatable bonds is 4. The Balaban J connectivity index is 1.60. The first-order valence-corrected chi connectivity index (χ1v) is 10.8. The normalized spacial score (nSPS) is 15.4. The number of thiazole rings is 1. The summed E-state index contributed by atoms with van der Waals surface area (Å²) in [4.78, 5) is 17.3. The molecule has 0 aliphatic carbocycles. The van der Waals surface area contributed by atoms with Crippen LogP contribution in [0.25, 0.3) is 15.3 Å². The minimum Gasteiger partial charge on any atom is -0.494 e. The van der Waals surface area contributed by atoms with Crippen LogP contribution in [0.15, 0.2) is 42.5 Å². The Bertz CT molecular complexity index is 1350. The molecule has 0 fully saturated rings. The second kappa shape index (κ2) is 7.52. The van der Waals surface area contributed by atoms with E-state index in [1.807, 2.05) is 44.2 Å². The highest BCUT2D eigenvalue weighted by Gasteiger charge is 2.33. The lowest BCUT2D eigenvalue weighted by Gasteiger charge is -2.24. The van der Waals surface area contributed by atoms with E-state index in [0.29, 0.717) is 29.5 Å². The second-order valence-electron chi connectivity index (χ2n) is 7.36. The molecule has 31 heavy (non-hydrogen) atoms. The average molecular weight is 430 g/mol. The number of ether oxygens (including phenoxy) is 1. The van der Waals surface area contributed by atoms with Crippen molar-refractivity contribution in [2.24, 2.45) is 0 Å². The van der Waals surface area contributed by atoms with Crippen molar-refractivity contribution in [2.75, 3.05) is 11.9 Å². The highest BCUT2D eigenvalue weighted by Crippen LogP contribution is 2.41. The molecule has 0 radical (unpaired) electrons. The fourth-order valence-electron chi connectivity index (χ4n) is 4.00. The van der Waals surface area contributed by atoms with Crippen LogP contribution < -0.4 is 10.1 Å². The molecule has 0 saturated heterocycles. The van der Waals surface area contributed by atoms with Gasteiger partial charge in [-0.3, -0.25) is 4.79 Å². The SMILES string of the molecule is CCOc1ccc2nc(-n3nc(C)c4c3NC(=O)C[C@H]4c3ccc(C#N)cc3)sc2c1. The summed E-state index contributed by atoms with van der Waals surface area (Å²) in [5.41, 5.74) is 4.27. The van der Waals surface area contributed by atoms with E-state index in [1.54, 1.807) is 16.8 Å². The molecule has 4 aromatic rings. The summed E-state index contributed by atoms with van der Waals surface area (Å²) in [5.74, 6) is 1.28. The Kier molecular flexibility index (Phi) is 4.68. The number of nitrogens with zero attached hydrogens (tertiary/aromatic N) is 4. The smallest absolute Gasteiger partial charge is 0.226 e. The van der Waals surface area contributed by atoms with Crippen molar-refractivity contribution in [2.45, 2.75) is 26.2 Å². The van der Waals surface area contributed by atoms with Gasteiger partial charge >= 0.3 is 0 Å². The van der Waals surface area contributed by atoms with Crippen LogP contribution in [-0.4, -0.2) is 27.3 Å². The first kappa shape index (κ1) is 19.3. The summed E-state index contributed by atoms with van der Waals surface area (Å²) >= 11 is 1.50. The van der Waals surface area contributed by atoms with E-state index in [2.05, 4.69) is 11.4 Å². The van der Waals surface area contributed by atoms with Gasteiger partial charge in [-0.2, -0.15) is 15.0 Å². The predicted molar refractivity (Wildman–Crippen MR) is 119 cm³/mol. The zero-order valence-corrected chi connectivity index (χ0v) is 17.9. The fourth-order valence-corrected chi connectivity index (χ4v) is 4.95. The summed E-state index contributed by atoms with van der Waals surface area (Å²) in [6.45, 7) is 4.50. The lowest BCUT2D eigenvalue weighted by atomic mass is 9.85. The molecule has 1 N–H and O–H groups in total. The van der Waals surface area contributed by atoms with Crippen molar-refractivity contribution >= 4 is 33.3 Å². The number of amides is 1. The molecule has 154 valence electrons. The van der Waals surface area contributed by atoms with Crippen LogP contribution in [0.5, 0.6) is 5.75 Å². The molecule has 0 saturated carbocycles. The number of carbonyl (C=O) groups is 1. The third kappa shape index (κ3) is 3.33. The van der Waals surface area contributed by atoms with E-state index in [-0.39, 0.29) is 11.8 Å². The maximum Gasteiger partial charge on any atom is 0.226 e. The van der Waals surface area contributed by atoms with Crippen LogP contribution in [0, 0.1) is 18.3 Å². The zero-order chi connectivity index (χ0) is 21.5. The van der Waals surface area contributed by atoms with Gasteiger partial charge < -0.3 is 10.1 Å². The predicted octanol–water partition coefficient (Wildman–Crippen LogP) is 4.53. The average Bonchev–Trinajstić information content (AvgIpc) is 3.34. The fraction of sp³-hybridized carbons (Fsp3) is 0.217. The lowest BCUT2D eigenvalue weighted by Crippen LogP contribution is -2.24. The number of fused-ring (bicyclic) bond motifs is 2. The van der Waals surface area contributed by atoms with Crippen molar-refractivity contribution in [3.8, 4) is 17.0 Å². The minimum atomic E-state index is -0.121. The van der Waals surface area contributed by atoms with Crippen molar-refractivity contribution in [3.05, 3.63) is 64.8 Å². The third-order valence-electron chi connectivity index (χ3n) is 5.39. The van der Waals surface area contributed by atoms with Gasteiger partial charge in [-0.15, -0.1) is 0 Å². The number of hydrogen-bond donors (Lipinski definition) is 1. The summed E-state index contributed by atoms with van der Waals surface area (Å²) in [6, 6.07) is 15.3. The van der Waals surface area contributed by atoms with Crippen molar-refractivity contribution in [1.29, 1.82) is 5.26 Å². The molecule has 1 aliphatic heterocycles. The summed E-state index contributed by atoms with van der Waals surface area (Å²) in [6.07, 6.45) is 0.336. The maximum absolute atomic E-state index is 12.6. The quantitative estimate of drug-likeness (QED) is 0.514. The van der Waals surface area contributed by atoms with Gasteiger partial charge in [0, 0.05) is 17.9 Å². The van der Waals surface area contributed by atoms with Gasteiger partial charge in [-0.25, -0.2) is 4.98 Å². The number of aromatic nitrogens is 3. The van der Waals surface area contributed by atoms with Gasteiger partial charge in [-0.05, 0) is 49.7 Å². The lowest BCUT2D eigenvalue weighted by molar-refractivity contribution is -0.116. The Morgan fingerprint density at radius 2 is 2.10 bits per heavy atom. The van der Waals surface area contributed by atoms with E-state index >= 15 is 0 Å². The summed E-state index contributed by atoms with van der Waals surface area (Å²) < 4.78 is 8.32. The largest absolute Gasteiger partial charge is 0.494 e. The highest BCUT2D eigenvalue weighted by molar-refractivity contribution is 7.20. The zero-order valence-electron chi connectivity index (χ0n) is 17.0. The van der Waals surface area contributed by atoms with Crippen LogP contribution in [-0.2, 0) is 4.79 Å². The Labute approximate surface area is 182 Å². The van der Waals surface area contributed by atoms with Crippen LogP contribution >= 0.6 is 11.3 Å². The van der Waals surface area contributed by atoms with Crippen molar-refractivity contribution < 1.29 is 9.53 Å². The number of nitrogens with one attached hydrogen (secondary N) is 1. The molecule has 5 rings (SSSR count). The molecule has 0 spiro atoms. The number of aryl methyl sites for hydroxylation is 1. The van der Waals surface area contributed by atoms with Gasteiger partial charge in [0.2, 0.25) is 11.0 Å². The number of nitriles is 1. The van der Waals surface area contributed by atoms with E-state index in [1.165, 1.54) is 11.3 Å². The van der Waals surface area contributed by atoms with Gasteiger partial charge in [-0.1, -0.05) is 23.5 Å². The molecule has 8 heteroatoms. The number of anilines is 1. The minimum absolute atomic E-state index is 0.0669. The van der Waals surface area contributed by atoms with E-state index < -0.39 is 0 Å². The molecule has 0 unspecified atom stereocenters. The Morgan fingerprint density at radius 3 is 2.84 bits per heavy atom. The van der Waals surface area contributed by atoms with Crippen LogP contribution in [0.3, 0.4) is 0 Å². The first-order valence-electron chi connectivity index (χ1n) is 10.0. The number of hydrogen-bond acceptors (Lipinski definition) is 6. The van der Waals surface area contributed by atoms with Gasteiger partial charge in [0.15, 0.2) is 0 Å². The molecule has 1 atom stereocenters. The molecule has 2 aromatic heterocycles. The molecule has 1 aliphatic rings. The van der Waals surface area contributed by atoms with Crippen molar-refractivity contribution in [1.82, 2.24) is 14.8 Å². The standard InChI is InChI=1S/C23H19N5O2S/c1-3-30-16-8-9-18-19(10-16)31-23(25-18)28-22-21(13(2)27-28)17(11-20(29)26-22)15-6-4-14(12-24)5-7-15/h4-10,17H,3,11H2,1-2H3,(H,26,29)/t17-/m0/s1. The van der Waals surface area contributed by atoms with Gasteiger partial charge in [0.25, 0.3) is 0 Å². The Morgan fingerprint density at radius 1 is 1.29 bits per heavy atom. The molecule has 0 bridgehead atoms. The van der Waals surface area contributed by atoms with Crippen LogP contribution in [0.2, 0.25) is 0 Å². The monoisotopic (exact) mass is 429 g/mol. The maximum atomic E-state index is 12.6. The molecule has 7 nitrogen and oxygen atoms in total. The molecule has 3 heterocycles. The van der Waals surface area contributed by atoms with Crippen LogP contribution in [0.1, 0.15) is 41.6 Å². The first-order chi connectivity index (χ1) is 15.1. The second-order valence-corrected chi connectivity index (χ2v) is 8.37. The van der Waals surface area contributed by atoms with Crippen LogP contribution in [0.4, 0.5) is 5.82 Å². The van der Waals surface area contributed by atoms with E-state index in [4.69, 9.17) is 20.1 Å². The van der Waals surface area contributed by atoms with Gasteiger partial charge in [0.1, 0.15) is 11.6 Å². The Hall–Kier alpha value is -3.70. The third-order valence-corrected chi connectivity index (χ3v) is 6.38. The van der Waals surface area contributed by atoms with Crippen molar-refractivity contribution in [3.63, 3.8) is 0 Å². The van der Waals surface area contributed by atoms with Gasteiger partial charge in [0.05, 0.1) is 34.2 Å². The number of benzene rings is 2. The molecular formula is C23H19N5O2S. The number of carbonyl (C=O) groups excluding carboxylic acids is 1. The summed E-state index contributed by atoms with van der Waals surface area (Å²) in [7, 11) is 0. The molecule has 2 aromatic carbocycles. The molecule has 1 amide bonds. The highest BCUT2D eigenvalue weighted by atomic mass is 32.1. The van der Waals surface area contributed by atoms with E-state index in [9.17, 15) is 4.79 Å². The molecular weight excluding hydrogens is 410 g/mol.